The third kappa shape index (κ3) is 6.47. The first-order valence-electron chi connectivity index (χ1n) is 10.2. The number of benzene rings is 3. The fraction of sp³-hybridized carbons (Fsp3) is 0.154. The van der Waals surface area contributed by atoms with E-state index in [1.54, 1.807) is 55.5 Å². The second-order valence-electron chi connectivity index (χ2n) is 7.09. The van der Waals surface area contributed by atoms with E-state index < -0.39 is 12.0 Å². The van der Waals surface area contributed by atoms with Gasteiger partial charge in [0.25, 0.3) is 5.91 Å². The summed E-state index contributed by atoms with van der Waals surface area (Å²) in [6, 6.07) is 22.3. The number of hydrazone groups is 1. The van der Waals surface area contributed by atoms with Gasteiger partial charge in [-0.05, 0) is 54.8 Å². The van der Waals surface area contributed by atoms with E-state index in [-0.39, 0.29) is 5.75 Å². The Balaban J connectivity index is 1.49. The van der Waals surface area contributed by atoms with E-state index in [1.165, 1.54) is 6.21 Å². The molecule has 0 spiro atoms. The summed E-state index contributed by atoms with van der Waals surface area (Å²) >= 11 is 0. The molecule has 0 unspecified atom stereocenters. The van der Waals surface area contributed by atoms with Gasteiger partial charge in [0.2, 0.25) is 0 Å². The molecule has 0 bridgehead atoms. The zero-order valence-corrected chi connectivity index (χ0v) is 17.9. The number of nitrogens with one attached hydrogen (secondary N) is 1. The Morgan fingerprint density at radius 3 is 2.50 bits per heavy atom. The van der Waals surface area contributed by atoms with Crippen molar-refractivity contribution in [1.29, 1.82) is 0 Å². The molecule has 1 amide bonds. The SMILES string of the molecule is C=CCc1cccc(/C=N\NC(=O)[C@@H](C)Oc2ccc(OCc3ccccc3)cc2)c1O. The van der Waals surface area contributed by atoms with Crippen LogP contribution in [0, 0.1) is 0 Å². The summed E-state index contributed by atoms with van der Waals surface area (Å²) in [6.07, 6.45) is 2.88. The van der Waals surface area contributed by atoms with Crippen molar-refractivity contribution in [3.63, 3.8) is 0 Å². The van der Waals surface area contributed by atoms with Gasteiger partial charge in [-0.2, -0.15) is 5.10 Å². The lowest BCUT2D eigenvalue weighted by molar-refractivity contribution is -0.127. The molecule has 1 atom stereocenters. The average molecular weight is 431 g/mol. The summed E-state index contributed by atoms with van der Waals surface area (Å²) in [7, 11) is 0. The minimum Gasteiger partial charge on any atom is -0.507 e. The Bertz CT molecular complexity index is 1060. The van der Waals surface area contributed by atoms with Crippen LogP contribution in [0.3, 0.4) is 0 Å². The van der Waals surface area contributed by atoms with Gasteiger partial charge in [-0.15, -0.1) is 6.58 Å². The van der Waals surface area contributed by atoms with E-state index >= 15 is 0 Å². The number of aromatic hydroxyl groups is 1. The molecule has 6 nitrogen and oxygen atoms in total. The number of carbonyl (C=O) groups is 1. The molecule has 0 aromatic heterocycles. The zero-order valence-electron chi connectivity index (χ0n) is 17.9. The molecule has 2 N–H and O–H groups in total. The molecule has 3 aromatic rings. The van der Waals surface area contributed by atoms with Crippen molar-refractivity contribution in [2.45, 2.75) is 26.1 Å². The minimum atomic E-state index is -0.760. The fourth-order valence-electron chi connectivity index (χ4n) is 2.90. The highest BCUT2D eigenvalue weighted by Crippen LogP contribution is 2.22. The first-order chi connectivity index (χ1) is 15.6. The Kier molecular flexibility index (Phi) is 8.03. The third-order valence-corrected chi connectivity index (χ3v) is 4.65. The highest BCUT2D eigenvalue weighted by atomic mass is 16.5. The maximum Gasteiger partial charge on any atom is 0.280 e. The number of hydrogen-bond acceptors (Lipinski definition) is 5. The zero-order chi connectivity index (χ0) is 22.8. The highest BCUT2D eigenvalue weighted by molar-refractivity contribution is 5.86. The number of amides is 1. The summed E-state index contributed by atoms with van der Waals surface area (Å²) in [6.45, 7) is 5.78. The topological polar surface area (TPSA) is 80.2 Å². The van der Waals surface area contributed by atoms with Crippen molar-refractivity contribution >= 4 is 12.1 Å². The van der Waals surface area contributed by atoms with Gasteiger partial charge in [0.1, 0.15) is 23.9 Å². The second-order valence-corrected chi connectivity index (χ2v) is 7.09. The van der Waals surface area contributed by atoms with E-state index in [4.69, 9.17) is 9.47 Å². The van der Waals surface area contributed by atoms with Gasteiger partial charge in [-0.3, -0.25) is 4.79 Å². The van der Waals surface area contributed by atoms with Gasteiger partial charge in [0, 0.05) is 5.56 Å². The lowest BCUT2D eigenvalue weighted by atomic mass is 10.1. The lowest BCUT2D eigenvalue weighted by Gasteiger charge is -2.13. The molecule has 0 aliphatic heterocycles. The molecule has 0 fully saturated rings. The fourth-order valence-corrected chi connectivity index (χ4v) is 2.90. The Morgan fingerprint density at radius 1 is 1.06 bits per heavy atom. The molecular weight excluding hydrogens is 404 g/mol. The molecule has 3 aromatic carbocycles. The van der Waals surface area contributed by atoms with Crippen molar-refractivity contribution < 1.29 is 19.4 Å². The Hall–Kier alpha value is -4.06. The molecule has 0 saturated carbocycles. The first-order valence-corrected chi connectivity index (χ1v) is 10.2. The minimum absolute atomic E-state index is 0.115. The number of phenols is 1. The number of allylic oxidation sites excluding steroid dienone is 1. The third-order valence-electron chi connectivity index (χ3n) is 4.65. The number of nitrogens with zero attached hydrogens (tertiary/aromatic N) is 1. The van der Waals surface area contributed by atoms with Gasteiger partial charge in [0.15, 0.2) is 6.10 Å². The smallest absolute Gasteiger partial charge is 0.280 e. The van der Waals surface area contributed by atoms with E-state index in [0.717, 1.165) is 11.1 Å². The van der Waals surface area contributed by atoms with Gasteiger partial charge >= 0.3 is 0 Å². The van der Waals surface area contributed by atoms with Crippen LogP contribution in [0.25, 0.3) is 0 Å². The molecule has 0 saturated heterocycles. The van der Waals surface area contributed by atoms with Crippen molar-refractivity contribution in [1.82, 2.24) is 5.43 Å². The van der Waals surface area contributed by atoms with E-state index in [0.29, 0.717) is 30.1 Å². The number of hydrogen-bond donors (Lipinski definition) is 2. The Labute approximate surface area is 187 Å². The van der Waals surface area contributed by atoms with Crippen LogP contribution in [-0.2, 0) is 17.8 Å². The maximum absolute atomic E-state index is 12.3. The molecule has 6 heteroatoms. The number of ether oxygens (including phenoxy) is 2. The monoisotopic (exact) mass is 430 g/mol. The van der Waals surface area contributed by atoms with Crippen LogP contribution in [0.4, 0.5) is 0 Å². The summed E-state index contributed by atoms with van der Waals surface area (Å²) < 4.78 is 11.4. The van der Waals surface area contributed by atoms with Crippen LogP contribution in [0.5, 0.6) is 17.2 Å². The first kappa shape index (κ1) is 22.6. The number of para-hydroxylation sites is 1. The molecule has 3 rings (SSSR count). The van der Waals surface area contributed by atoms with Gasteiger partial charge in [-0.1, -0.05) is 48.5 Å². The number of carbonyl (C=O) groups excluding carboxylic acids is 1. The summed E-state index contributed by atoms with van der Waals surface area (Å²) in [5.74, 6) is 0.955. The summed E-state index contributed by atoms with van der Waals surface area (Å²) in [5.41, 5.74) is 4.76. The van der Waals surface area contributed by atoms with E-state index in [9.17, 15) is 9.90 Å². The van der Waals surface area contributed by atoms with Gasteiger partial charge in [0.05, 0.1) is 6.21 Å². The van der Waals surface area contributed by atoms with Crippen molar-refractivity contribution in [3.8, 4) is 17.2 Å². The molecule has 0 radical (unpaired) electrons. The Morgan fingerprint density at radius 2 is 1.78 bits per heavy atom. The number of rotatable bonds is 10. The highest BCUT2D eigenvalue weighted by Gasteiger charge is 2.14. The second kappa shape index (κ2) is 11.4. The van der Waals surface area contributed by atoms with Crippen molar-refractivity contribution in [3.05, 3.63) is 102 Å². The standard InChI is InChI=1S/C26H26N2O4/c1-3-8-21-11-7-12-22(25(21)29)17-27-28-26(30)19(2)32-24-15-13-23(14-16-24)31-18-20-9-5-4-6-10-20/h3-7,9-17,19,29H,1,8,18H2,2H3,(H,28,30)/b27-17-/t19-/m1/s1. The maximum atomic E-state index is 12.3. The van der Waals surface area contributed by atoms with Crippen LogP contribution in [0.15, 0.2) is 90.6 Å². The average Bonchev–Trinajstić information content (AvgIpc) is 2.81. The lowest BCUT2D eigenvalue weighted by Crippen LogP contribution is -2.33. The van der Waals surface area contributed by atoms with Crippen LogP contribution in [-0.4, -0.2) is 23.3 Å². The molecule has 0 heterocycles. The van der Waals surface area contributed by atoms with Crippen LogP contribution >= 0.6 is 0 Å². The van der Waals surface area contributed by atoms with Crippen molar-refractivity contribution in [2.24, 2.45) is 5.10 Å². The number of phenolic OH excluding ortho intramolecular Hbond substituents is 1. The summed E-state index contributed by atoms with van der Waals surface area (Å²) in [4.78, 5) is 12.3. The molecule has 164 valence electrons. The summed E-state index contributed by atoms with van der Waals surface area (Å²) in [5, 5.41) is 14.2. The normalized spacial score (nSPS) is 11.7. The van der Waals surface area contributed by atoms with Crippen molar-refractivity contribution in [2.75, 3.05) is 0 Å². The van der Waals surface area contributed by atoms with Crippen LogP contribution < -0.4 is 14.9 Å². The largest absolute Gasteiger partial charge is 0.507 e. The van der Waals surface area contributed by atoms with Gasteiger partial charge < -0.3 is 14.6 Å². The molecule has 32 heavy (non-hydrogen) atoms. The van der Waals surface area contributed by atoms with E-state index in [2.05, 4.69) is 17.1 Å². The van der Waals surface area contributed by atoms with Gasteiger partial charge in [-0.25, -0.2) is 5.43 Å². The van der Waals surface area contributed by atoms with E-state index in [1.807, 2.05) is 30.3 Å². The van der Waals surface area contributed by atoms with Crippen LogP contribution in [0.1, 0.15) is 23.6 Å². The van der Waals surface area contributed by atoms with Crippen LogP contribution in [0.2, 0.25) is 0 Å². The molecule has 0 aliphatic rings. The molecular formula is C26H26N2O4. The molecule has 0 aliphatic carbocycles. The predicted octanol–water partition coefficient (Wildman–Crippen LogP) is 4.62. The quantitative estimate of drug-likeness (QED) is 0.279. The predicted molar refractivity (Wildman–Crippen MR) is 125 cm³/mol.